The van der Waals surface area contributed by atoms with Crippen LogP contribution >= 0.6 is 0 Å². The Morgan fingerprint density at radius 2 is 2.20 bits per heavy atom. The van der Waals surface area contributed by atoms with E-state index in [-0.39, 0.29) is 5.56 Å². The predicted octanol–water partition coefficient (Wildman–Crippen LogP) is 2.87. The summed E-state index contributed by atoms with van der Waals surface area (Å²) in [6, 6.07) is 6.90. The molecule has 1 aromatic carbocycles. The molecule has 0 aliphatic carbocycles. The van der Waals surface area contributed by atoms with Gasteiger partial charge in [0.2, 0.25) is 0 Å². The lowest BCUT2D eigenvalue weighted by molar-refractivity contribution is 0.0699. The molecule has 1 aromatic heterocycles. The average molecular weight is 274 g/mol. The summed E-state index contributed by atoms with van der Waals surface area (Å²) in [6.45, 7) is 2.56. The largest absolute Gasteiger partial charge is 0.478 e. The highest BCUT2D eigenvalue weighted by Crippen LogP contribution is 2.34. The van der Waals surface area contributed by atoms with Gasteiger partial charge in [0.25, 0.3) is 0 Å². The van der Waals surface area contributed by atoms with Crippen LogP contribution in [0, 0.1) is 0 Å². The highest BCUT2D eigenvalue weighted by Gasteiger charge is 2.41. The monoisotopic (exact) mass is 274 g/mol. The number of carbonyl (C=O) groups is 1. The Hall–Kier alpha value is -2.17. The van der Waals surface area contributed by atoms with Crippen LogP contribution in [0.3, 0.4) is 0 Å². The molecule has 0 atom stereocenters. The van der Waals surface area contributed by atoms with Crippen LogP contribution in [0.5, 0.6) is 0 Å². The molecule has 1 saturated heterocycles. The number of benzene rings is 1. The Kier molecular flexibility index (Phi) is 2.85. The van der Waals surface area contributed by atoms with E-state index in [4.69, 9.17) is 0 Å². The second-order valence-corrected chi connectivity index (χ2v) is 5.23. The van der Waals surface area contributed by atoms with Crippen molar-refractivity contribution in [3.63, 3.8) is 0 Å². The van der Waals surface area contributed by atoms with Gasteiger partial charge in [-0.15, -0.1) is 0 Å². The maximum atomic E-state index is 13.9. The van der Waals surface area contributed by atoms with Crippen molar-refractivity contribution in [3.05, 3.63) is 36.0 Å². The number of aromatic nitrogens is 1. The number of fused-ring (bicyclic) bond motifs is 1. The van der Waals surface area contributed by atoms with Gasteiger partial charge in [0.05, 0.1) is 24.2 Å². The van der Waals surface area contributed by atoms with Gasteiger partial charge >= 0.3 is 5.97 Å². The van der Waals surface area contributed by atoms with Crippen LogP contribution in [0.1, 0.15) is 23.7 Å². The number of hydrogen-bond acceptors (Lipinski definition) is 3. The molecule has 0 spiro atoms. The topological polar surface area (TPSA) is 53.4 Å². The SMILES string of the molecule is CCC1(F)CN(c2ccc3nccc(C(=O)O)c3c2)C1. The van der Waals surface area contributed by atoms with Crippen LogP contribution < -0.4 is 4.90 Å². The quantitative estimate of drug-likeness (QED) is 0.935. The van der Waals surface area contributed by atoms with Gasteiger partial charge in [0, 0.05) is 17.3 Å². The van der Waals surface area contributed by atoms with Gasteiger partial charge in [-0.25, -0.2) is 9.18 Å². The molecular formula is C15H15FN2O2. The highest BCUT2D eigenvalue weighted by atomic mass is 19.1. The summed E-state index contributed by atoms with van der Waals surface area (Å²) in [5, 5.41) is 9.79. The number of hydrogen-bond donors (Lipinski definition) is 1. The fraction of sp³-hybridized carbons (Fsp3) is 0.333. The van der Waals surface area contributed by atoms with Crippen molar-refractivity contribution >= 4 is 22.6 Å². The molecular weight excluding hydrogens is 259 g/mol. The number of carboxylic acid groups (broad SMARTS) is 1. The third-order valence-corrected chi connectivity index (χ3v) is 3.90. The summed E-state index contributed by atoms with van der Waals surface area (Å²) in [6.07, 6.45) is 1.98. The first-order valence-corrected chi connectivity index (χ1v) is 6.58. The molecule has 0 bridgehead atoms. The highest BCUT2D eigenvalue weighted by molar-refractivity contribution is 6.03. The van der Waals surface area contributed by atoms with E-state index in [2.05, 4.69) is 4.98 Å². The van der Waals surface area contributed by atoms with Gasteiger partial charge in [0.15, 0.2) is 0 Å². The lowest BCUT2D eigenvalue weighted by atomic mass is 9.92. The van der Waals surface area contributed by atoms with Crippen LogP contribution in [0.4, 0.5) is 10.1 Å². The number of aromatic carboxylic acids is 1. The first kappa shape index (κ1) is 12.8. The standard InChI is InChI=1S/C15H15FN2O2/c1-2-15(16)8-18(9-15)10-3-4-13-12(7-10)11(14(19)20)5-6-17-13/h3-7H,2,8-9H2,1H3,(H,19,20). The molecule has 4 nitrogen and oxygen atoms in total. The lowest BCUT2D eigenvalue weighted by Gasteiger charge is -2.45. The average Bonchev–Trinajstić information content (AvgIpc) is 2.42. The third-order valence-electron chi connectivity index (χ3n) is 3.90. The zero-order chi connectivity index (χ0) is 14.3. The van der Waals surface area contributed by atoms with Crippen LogP contribution in [-0.4, -0.2) is 34.8 Å². The van der Waals surface area contributed by atoms with Gasteiger partial charge in [-0.05, 0) is 30.7 Å². The van der Waals surface area contributed by atoms with E-state index in [0.717, 1.165) is 5.69 Å². The summed E-state index contributed by atoms with van der Waals surface area (Å²) < 4.78 is 13.9. The van der Waals surface area contributed by atoms with Crippen molar-refractivity contribution in [2.24, 2.45) is 0 Å². The molecule has 3 rings (SSSR count). The first-order chi connectivity index (χ1) is 9.52. The van der Waals surface area contributed by atoms with Crippen molar-refractivity contribution in [1.82, 2.24) is 4.98 Å². The molecule has 0 amide bonds. The minimum Gasteiger partial charge on any atom is -0.478 e. The third kappa shape index (κ3) is 1.99. The van der Waals surface area contributed by atoms with E-state index in [0.29, 0.717) is 30.4 Å². The molecule has 1 N–H and O–H groups in total. The van der Waals surface area contributed by atoms with Gasteiger partial charge in [-0.2, -0.15) is 0 Å². The van der Waals surface area contributed by atoms with Crippen LogP contribution in [-0.2, 0) is 0 Å². The molecule has 0 unspecified atom stereocenters. The number of halogens is 1. The van der Waals surface area contributed by atoms with Crippen LogP contribution in [0.15, 0.2) is 30.5 Å². The molecule has 1 aliphatic heterocycles. The number of pyridine rings is 1. The van der Waals surface area contributed by atoms with E-state index in [1.165, 1.54) is 12.3 Å². The van der Waals surface area contributed by atoms with E-state index < -0.39 is 11.6 Å². The zero-order valence-electron chi connectivity index (χ0n) is 11.1. The zero-order valence-corrected chi connectivity index (χ0v) is 11.1. The van der Waals surface area contributed by atoms with Crippen molar-refractivity contribution < 1.29 is 14.3 Å². The number of rotatable bonds is 3. The second-order valence-electron chi connectivity index (χ2n) is 5.23. The van der Waals surface area contributed by atoms with Gasteiger partial charge in [-0.3, -0.25) is 4.98 Å². The van der Waals surface area contributed by atoms with Gasteiger partial charge < -0.3 is 10.0 Å². The van der Waals surface area contributed by atoms with Crippen LogP contribution in [0.25, 0.3) is 10.9 Å². The molecule has 1 fully saturated rings. The maximum absolute atomic E-state index is 13.9. The lowest BCUT2D eigenvalue weighted by Crippen LogP contribution is -2.58. The smallest absolute Gasteiger partial charge is 0.336 e. The van der Waals surface area contributed by atoms with Gasteiger partial charge in [-0.1, -0.05) is 6.92 Å². The van der Waals surface area contributed by atoms with E-state index in [1.54, 1.807) is 12.1 Å². The number of nitrogens with zero attached hydrogens (tertiary/aromatic N) is 2. The minimum atomic E-state index is -1.11. The summed E-state index contributed by atoms with van der Waals surface area (Å²) >= 11 is 0. The van der Waals surface area contributed by atoms with E-state index >= 15 is 0 Å². The van der Waals surface area contributed by atoms with Gasteiger partial charge in [0.1, 0.15) is 5.67 Å². The van der Waals surface area contributed by atoms with E-state index in [9.17, 15) is 14.3 Å². The van der Waals surface area contributed by atoms with Crippen molar-refractivity contribution in [2.45, 2.75) is 19.0 Å². The number of carboxylic acids is 1. The second kappa shape index (κ2) is 4.44. The molecule has 104 valence electrons. The fourth-order valence-corrected chi connectivity index (χ4v) is 2.56. The Labute approximate surface area is 115 Å². The van der Waals surface area contributed by atoms with Crippen molar-refractivity contribution in [3.8, 4) is 0 Å². The molecule has 0 saturated carbocycles. The van der Waals surface area contributed by atoms with Crippen molar-refractivity contribution in [1.29, 1.82) is 0 Å². The Morgan fingerprint density at radius 3 is 2.85 bits per heavy atom. The Morgan fingerprint density at radius 1 is 1.45 bits per heavy atom. The maximum Gasteiger partial charge on any atom is 0.336 e. The van der Waals surface area contributed by atoms with Crippen molar-refractivity contribution in [2.75, 3.05) is 18.0 Å². The summed E-state index contributed by atoms with van der Waals surface area (Å²) in [7, 11) is 0. The molecule has 2 aromatic rings. The predicted molar refractivity (Wildman–Crippen MR) is 75.0 cm³/mol. The Balaban J connectivity index is 1.99. The molecule has 20 heavy (non-hydrogen) atoms. The summed E-state index contributed by atoms with van der Waals surface area (Å²) in [5.74, 6) is -0.980. The van der Waals surface area contributed by atoms with Crippen LogP contribution in [0.2, 0.25) is 0 Å². The fourth-order valence-electron chi connectivity index (χ4n) is 2.56. The Bertz CT molecular complexity index is 681. The van der Waals surface area contributed by atoms with E-state index in [1.807, 2.05) is 17.9 Å². The molecule has 5 heteroatoms. The molecule has 2 heterocycles. The molecule has 1 aliphatic rings. The normalized spacial score (nSPS) is 17.0. The minimum absolute atomic E-state index is 0.222. The number of alkyl halides is 1. The molecule has 0 radical (unpaired) electrons. The summed E-state index contributed by atoms with van der Waals surface area (Å²) in [4.78, 5) is 17.3. The first-order valence-electron chi connectivity index (χ1n) is 6.58. The summed E-state index contributed by atoms with van der Waals surface area (Å²) in [5.41, 5.74) is 0.588. The number of anilines is 1.